The van der Waals surface area contributed by atoms with Crippen LogP contribution in [0.4, 0.5) is 5.69 Å². The van der Waals surface area contributed by atoms with Gasteiger partial charge in [0.2, 0.25) is 11.8 Å². The van der Waals surface area contributed by atoms with Gasteiger partial charge >= 0.3 is 0 Å². The fourth-order valence-electron chi connectivity index (χ4n) is 4.82. The number of benzene rings is 2. The van der Waals surface area contributed by atoms with Gasteiger partial charge in [0.1, 0.15) is 18.1 Å². The summed E-state index contributed by atoms with van der Waals surface area (Å²) in [6.45, 7) is 1.55. The normalized spacial score (nSPS) is 16.9. The smallest absolute Gasteiger partial charge is 0.227 e. The predicted molar refractivity (Wildman–Crippen MR) is 120 cm³/mol. The molecule has 6 nitrogen and oxygen atoms in total. The second-order valence-electron chi connectivity index (χ2n) is 8.33. The van der Waals surface area contributed by atoms with Gasteiger partial charge in [-0.25, -0.2) is 0 Å². The zero-order chi connectivity index (χ0) is 21.7. The molecule has 1 aliphatic heterocycles. The van der Waals surface area contributed by atoms with E-state index in [2.05, 4.69) is 11.4 Å². The molecule has 1 saturated carbocycles. The maximum absolute atomic E-state index is 12.8. The van der Waals surface area contributed by atoms with Gasteiger partial charge in [-0.1, -0.05) is 43.2 Å². The Morgan fingerprint density at radius 2 is 1.81 bits per heavy atom. The summed E-state index contributed by atoms with van der Waals surface area (Å²) in [6.07, 6.45) is 4.70. The maximum Gasteiger partial charge on any atom is 0.227 e. The Morgan fingerprint density at radius 1 is 1.06 bits per heavy atom. The number of nitrogens with zero attached hydrogens (tertiary/aromatic N) is 1. The fraction of sp³-hybridized carbons (Fsp3) is 0.440. The number of carbonyl (C=O) groups is 2. The van der Waals surface area contributed by atoms with Crippen LogP contribution in [0.25, 0.3) is 0 Å². The van der Waals surface area contributed by atoms with Crippen molar-refractivity contribution in [2.75, 3.05) is 31.7 Å². The highest BCUT2D eigenvalue weighted by molar-refractivity contribution is 5.97. The lowest BCUT2D eigenvalue weighted by Crippen LogP contribution is -2.41. The van der Waals surface area contributed by atoms with E-state index < -0.39 is 0 Å². The summed E-state index contributed by atoms with van der Waals surface area (Å²) in [5.74, 6) is 1.45. The molecule has 2 amide bonds. The molecule has 0 radical (unpaired) electrons. The Kier molecular flexibility index (Phi) is 6.44. The van der Waals surface area contributed by atoms with E-state index in [1.165, 1.54) is 0 Å². The molecule has 0 spiro atoms. The van der Waals surface area contributed by atoms with Gasteiger partial charge in [-0.05, 0) is 31.0 Å². The molecule has 31 heavy (non-hydrogen) atoms. The lowest BCUT2D eigenvalue weighted by Gasteiger charge is -2.31. The molecule has 1 heterocycles. The summed E-state index contributed by atoms with van der Waals surface area (Å²) in [5.41, 5.74) is 1.84. The zero-order valence-corrected chi connectivity index (χ0v) is 18.1. The first-order valence-electron chi connectivity index (χ1n) is 11.1. The summed E-state index contributed by atoms with van der Waals surface area (Å²) in [7, 11) is 1.69. The molecular weight excluding hydrogens is 392 g/mol. The number of para-hydroxylation sites is 3. The van der Waals surface area contributed by atoms with Crippen LogP contribution in [-0.4, -0.2) is 38.6 Å². The first kappa shape index (κ1) is 21.2. The number of methoxy groups -OCH3 is 1. The molecule has 0 unspecified atom stereocenters. The molecule has 0 aromatic heterocycles. The Balaban J connectivity index is 1.35. The fourth-order valence-corrected chi connectivity index (χ4v) is 4.82. The van der Waals surface area contributed by atoms with Crippen molar-refractivity contribution in [3.8, 4) is 11.5 Å². The number of amides is 2. The van der Waals surface area contributed by atoms with E-state index in [9.17, 15) is 9.59 Å². The number of rotatable bonds is 7. The van der Waals surface area contributed by atoms with Crippen LogP contribution in [0.2, 0.25) is 0 Å². The highest BCUT2D eigenvalue weighted by atomic mass is 16.5. The average Bonchev–Trinajstić information content (AvgIpc) is 3.31. The Bertz CT molecular complexity index is 937. The zero-order valence-electron chi connectivity index (χ0n) is 18.1. The maximum atomic E-state index is 12.8. The third-order valence-electron chi connectivity index (χ3n) is 6.46. The number of hydrogen-bond donors (Lipinski definition) is 1. The van der Waals surface area contributed by atoms with Crippen LogP contribution in [0.15, 0.2) is 48.5 Å². The quantitative estimate of drug-likeness (QED) is 0.736. The minimum Gasteiger partial charge on any atom is -0.496 e. The number of anilines is 1. The summed E-state index contributed by atoms with van der Waals surface area (Å²) >= 11 is 0. The summed E-state index contributed by atoms with van der Waals surface area (Å²) < 4.78 is 11.2. The molecule has 1 aliphatic carbocycles. The van der Waals surface area contributed by atoms with Crippen molar-refractivity contribution >= 4 is 17.5 Å². The van der Waals surface area contributed by atoms with E-state index in [4.69, 9.17) is 9.47 Å². The van der Waals surface area contributed by atoms with Crippen LogP contribution in [0.5, 0.6) is 11.5 Å². The van der Waals surface area contributed by atoms with Crippen molar-refractivity contribution in [3.05, 3.63) is 54.1 Å². The van der Waals surface area contributed by atoms with E-state index in [1.807, 2.05) is 42.5 Å². The summed E-state index contributed by atoms with van der Waals surface area (Å²) in [5, 5.41) is 3.10. The van der Waals surface area contributed by atoms with Crippen molar-refractivity contribution in [2.45, 2.75) is 43.9 Å². The average molecular weight is 423 g/mol. The van der Waals surface area contributed by atoms with Gasteiger partial charge in [-0.3, -0.25) is 9.59 Å². The Hall–Kier alpha value is -3.02. The van der Waals surface area contributed by atoms with E-state index in [0.717, 1.165) is 42.7 Å². The molecule has 1 fully saturated rings. The first-order valence-corrected chi connectivity index (χ1v) is 11.1. The number of fused-ring (bicyclic) bond motifs is 1. The molecule has 164 valence electrons. The molecule has 2 aromatic carbocycles. The number of carbonyl (C=O) groups excluding carboxylic acids is 2. The van der Waals surface area contributed by atoms with E-state index >= 15 is 0 Å². The second kappa shape index (κ2) is 9.41. The third-order valence-corrected chi connectivity index (χ3v) is 6.46. The largest absolute Gasteiger partial charge is 0.496 e. The lowest BCUT2D eigenvalue weighted by atomic mass is 9.78. The van der Waals surface area contributed by atoms with E-state index in [-0.39, 0.29) is 30.1 Å². The van der Waals surface area contributed by atoms with Crippen LogP contribution < -0.4 is 19.7 Å². The number of nitrogens with one attached hydrogen (secondary N) is 1. The van der Waals surface area contributed by atoms with Gasteiger partial charge in [0, 0.05) is 30.4 Å². The van der Waals surface area contributed by atoms with Crippen LogP contribution in [0.1, 0.15) is 44.1 Å². The van der Waals surface area contributed by atoms with Gasteiger partial charge < -0.3 is 19.7 Å². The van der Waals surface area contributed by atoms with Gasteiger partial charge in [0.25, 0.3) is 0 Å². The molecule has 6 heteroatoms. The van der Waals surface area contributed by atoms with Gasteiger partial charge in [-0.15, -0.1) is 0 Å². The van der Waals surface area contributed by atoms with Crippen molar-refractivity contribution in [1.29, 1.82) is 0 Å². The SMILES string of the molecule is COc1ccccc1C1(CNC(=O)CCC(=O)N2CCOc3ccccc32)CCCC1. The first-order chi connectivity index (χ1) is 15.1. The highest BCUT2D eigenvalue weighted by Gasteiger charge is 2.38. The minimum atomic E-state index is -0.102. The summed E-state index contributed by atoms with van der Waals surface area (Å²) in [4.78, 5) is 27.1. The Morgan fingerprint density at radius 3 is 2.61 bits per heavy atom. The van der Waals surface area contributed by atoms with Gasteiger partial charge in [0.05, 0.1) is 19.3 Å². The minimum absolute atomic E-state index is 0.0498. The second-order valence-corrected chi connectivity index (χ2v) is 8.33. The van der Waals surface area contributed by atoms with Crippen molar-refractivity contribution in [1.82, 2.24) is 5.32 Å². The van der Waals surface area contributed by atoms with Gasteiger partial charge in [0.15, 0.2) is 0 Å². The van der Waals surface area contributed by atoms with E-state index in [0.29, 0.717) is 25.4 Å². The predicted octanol–water partition coefficient (Wildman–Crippen LogP) is 3.83. The van der Waals surface area contributed by atoms with E-state index in [1.54, 1.807) is 12.0 Å². The van der Waals surface area contributed by atoms with Crippen LogP contribution in [-0.2, 0) is 15.0 Å². The van der Waals surface area contributed by atoms with Crippen LogP contribution in [0, 0.1) is 0 Å². The lowest BCUT2D eigenvalue weighted by molar-refractivity contribution is -0.125. The number of hydrogen-bond acceptors (Lipinski definition) is 4. The van der Waals surface area contributed by atoms with Crippen molar-refractivity contribution in [3.63, 3.8) is 0 Å². The van der Waals surface area contributed by atoms with Crippen molar-refractivity contribution in [2.24, 2.45) is 0 Å². The molecule has 4 rings (SSSR count). The standard InChI is InChI=1S/C25H30N2O4/c1-30-21-10-4-2-8-19(21)25(14-6-7-15-25)18-26-23(28)12-13-24(29)27-16-17-31-22-11-5-3-9-20(22)27/h2-5,8-11H,6-7,12-18H2,1H3,(H,26,28). The highest BCUT2D eigenvalue weighted by Crippen LogP contribution is 2.44. The molecule has 1 N–H and O–H groups in total. The molecule has 2 aliphatic rings. The van der Waals surface area contributed by atoms with Gasteiger partial charge in [-0.2, -0.15) is 0 Å². The van der Waals surface area contributed by atoms with Crippen LogP contribution in [0.3, 0.4) is 0 Å². The molecule has 0 atom stereocenters. The Labute approximate surface area is 183 Å². The molecule has 0 saturated heterocycles. The molecular formula is C25H30N2O4. The monoisotopic (exact) mass is 422 g/mol. The number of ether oxygens (including phenoxy) is 2. The summed E-state index contributed by atoms with van der Waals surface area (Å²) in [6, 6.07) is 15.6. The topological polar surface area (TPSA) is 67.9 Å². The third kappa shape index (κ3) is 4.53. The molecule has 0 bridgehead atoms. The van der Waals surface area contributed by atoms with Crippen molar-refractivity contribution < 1.29 is 19.1 Å². The molecule has 2 aromatic rings. The van der Waals surface area contributed by atoms with Crippen LogP contribution >= 0.6 is 0 Å².